The van der Waals surface area contributed by atoms with Gasteiger partial charge in [0.25, 0.3) is 0 Å². The summed E-state index contributed by atoms with van der Waals surface area (Å²) in [5, 5.41) is 0. The molecule has 0 radical (unpaired) electrons. The van der Waals surface area contributed by atoms with Crippen LogP contribution in [0.15, 0.2) is 18.2 Å². The lowest BCUT2D eigenvalue weighted by atomic mass is 10.0. The third-order valence-corrected chi connectivity index (χ3v) is 1.94. The highest BCUT2D eigenvalue weighted by atomic mass is 16.5. The molecular formula is C11H12O3. The maximum Gasteiger partial charge on any atom is 0.338 e. The van der Waals surface area contributed by atoms with Gasteiger partial charge in [-0.1, -0.05) is 12.1 Å². The number of aldehydes is 1. The number of carbonyl (C=O) groups excluding carboxylic acids is 2. The zero-order chi connectivity index (χ0) is 10.6. The Balaban J connectivity index is 3.13. The molecule has 0 aliphatic heterocycles. The van der Waals surface area contributed by atoms with Crippen LogP contribution in [0.4, 0.5) is 0 Å². The second kappa shape index (κ2) is 4.56. The maximum absolute atomic E-state index is 11.4. The summed E-state index contributed by atoms with van der Waals surface area (Å²) in [5.41, 5.74) is 1.53. The Kier molecular flexibility index (Phi) is 3.40. The van der Waals surface area contributed by atoms with Crippen LogP contribution in [-0.4, -0.2) is 18.9 Å². The predicted molar refractivity (Wildman–Crippen MR) is 52.5 cm³/mol. The Hall–Kier alpha value is -1.64. The van der Waals surface area contributed by atoms with Crippen molar-refractivity contribution in [2.45, 2.75) is 13.8 Å². The Morgan fingerprint density at radius 3 is 2.79 bits per heavy atom. The lowest BCUT2D eigenvalue weighted by Gasteiger charge is -2.05. The van der Waals surface area contributed by atoms with Crippen LogP contribution < -0.4 is 0 Å². The lowest BCUT2D eigenvalue weighted by Crippen LogP contribution is -2.08. The number of esters is 1. The number of rotatable bonds is 3. The number of hydrogen-bond acceptors (Lipinski definition) is 3. The van der Waals surface area contributed by atoms with E-state index in [0.717, 1.165) is 5.56 Å². The normalized spacial score (nSPS) is 9.57. The molecule has 0 saturated heterocycles. The Morgan fingerprint density at radius 2 is 2.21 bits per heavy atom. The standard InChI is InChI=1S/C11H12O3/c1-3-14-11(13)9-6-4-5-8(2)10(9)7-12/h4-7H,3H2,1-2H3. The van der Waals surface area contributed by atoms with Crippen LogP contribution in [0.3, 0.4) is 0 Å². The van der Waals surface area contributed by atoms with Crippen LogP contribution in [0.5, 0.6) is 0 Å². The van der Waals surface area contributed by atoms with E-state index >= 15 is 0 Å². The number of benzene rings is 1. The van der Waals surface area contributed by atoms with Gasteiger partial charge in [-0.3, -0.25) is 4.79 Å². The van der Waals surface area contributed by atoms with Gasteiger partial charge in [-0.05, 0) is 25.5 Å². The number of aryl methyl sites for hydroxylation is 1. The van der Waals surface area contributed by atoms with Gasteiger partial charge in [0.15, 0.2) is 6.29 Å². The van der Waals surface area contributed by atoms with Crippen LogP contribution in [0, 0.1) is 6.92 Å². The summed E-state index contributed by atoms with van der Waals surface area (Å²) >= 11 is 0. The van der Waals surface area contributed by atoms with E-state index in [0.29, 0.717) is 24.0 Å². The van der Waals surface area contributed by atoms with Gasteiger partial charge < -0.3 is 4.74 Å². The minimum atomic E-state index is -0.446. The molecule has 0 aliphatic rings. The smallest absolute Gasteiger partial charge is 0.338 e. The van der Waals surface area contributed by atoms with Gasteiger partial charge in [-0.15, -0.1) is 0 Å². The minimum absolute atomic E-state index is 0.311. The molecule has 0 unspecified atom stereocenters. The van der Waals surface area contributed by atoms with Crippen LogP contribution in [-0.2, 0) is 4.74 Å². The topological polar surface area (TPSA) is 43.4 Å². The molecule has 0 spiro atoms. The maximum atomic E-state index is 11.4. The SMILES string of the molecule is CCOC(=O)c1cccc(C)c1C=O. The number of carbonyl (C=O) groups is 2. The second-order valence-corrected chi connectivity index (χ2v) is 2.87. The molecule has 0 heterocycles. The van der Waals surface area contributed by atoms with Gasteiger partial charge in [0.2, 0.25) is 0 Å². The van der Waals surface area contributed by atoms with Crippen molar-refractivity contribution < 1.29 is 14.3 Å². The van der Waals surface area contributed by atoms with E-state index in [2.05, 4.69) is 0 Å². The van der Waals surface area contributed by atoms with E-state index in [1.807, 2.05) is 0 Å². The average molecular weight is 192 g/mol. The van der Waals surface area contributed by atoms with Gasteiger partial charge in [0.1, 0.15) is 0 Å². The number of ether oxygens (including phenoxy) is 1. The molecule has 1 rings (SSSR count). The molecule has 0 atom stereocenters. The van der Waals surface area contributed by atoms with Crippen molar-refractivity contribution in [3.05, 3.63) is 34.9 Å². The van der Waals surface area contributed by atoms with Crippen molar-refractivity contribution in [2.75, 3.05) is 6.61 Å². The van der Waals surface area contributed by atoms with Crippen LogP contribution in [0.1, 0.15) is 33.2 Å². The molecule has 1 aromatic rings. The molecule has 0 bridgehead atoms. The monoisotopic (exact) mass is 192 g/mol. The van der Waals surface area contributed by atoms with Crippen molar-refractivity contribution in [3.8, 4) is 0 Å². The fourth-order valence-electron chi connectivity index (χ4n) is 1.22. The summed E-state index contributed by atoms with van der Waals surface area (Å²) < 4.78 is 4.83. The zero-order valence-corrected chi connectivity index (χ0v) is 8.24. The molecule has 0 N–H and O–H groups in total. The molecule has 0 saturated carbocycles. The first kappa shape index (κ1) is 10.4. The molecule has 3 heteroatoms. The van der Waals surface area contributed by atoms with Gasteiger partial charge in [0, 0.05) is 5.56 Å². The molecule has 3 nitrogen and oxygen atoms in total. The second-order valence-electron chi connectivity index (χ2n) is 2.87. The summed E-state index contributed by atoms with van der Waals surface area (Å²) in [7, 11) is 0. The van der Waals surface area contributed by atoms with E-state index in [4.69, 9.17) is 4.74 Å². The highest BCUT2D eigenvalue weighted by molar-refractivity contribution is 5.99. The minimum Gasteiger partial charge on any atom is -0.462 e. The molecule has 0 aliphatic carbocycles. The summed E-state index contributed by atoms with van der Waals surface area (Å²) in [5.74, 6) is -0.446. The van der Waals surface area contributed by atoms with Crippen LogP contribution in [0.25, 0.3) is 0 Å². The zero-order valence-electron chi connectivity index (χ0n) is 8.24. The first-order valence-corrected chi connectivity index (χ1v) is 4.42. The molecule has 0 fully saturated rings. The molecule has 0 amide bonds. The summed E-state index contributed by atoms with van der Waals surface area (Å²) in [6, 6.07) is 5.11. The average Bonchev–Trinajstić information content (AvgIpc) is 2.17. The van der Waals surface area contributed by atoms with Gasteiger partial charge in [0.05, 0.1) is 12.2 Å². The first-order chi connectivity index (χ1) is 6.70. The van der Waals surface area contributed by atoms with Crippen LogP contribution >= 0.6 is 0 Å². The molecular weight excluding hydrogens is 180 g/mol. The Bertz CT molecular complexity index is 356. The van der Waals surface area contributed by atoms with Crippen molar-refractivity contribution in [3.63, 3.8) is 0 Å². The highest BCUT2D eigenvalue weighted by Crippen LogP contribution is 2.12. The molecule has 1 aromatic carbocycles. The molecule has 14 heavy (non-hydrogen) atoms. The molecule has 74 valence electrons. The van der Waals surface area contributed by atoms with Crippen molar-refractivity contribution >= 4 is 12.3 Å². The fraction of sp³-hybridized carbons (Fsp3) is 0.273. The Labute approximate surface area is 82.7 Å². The van der Waals surface area contributed by atoms with Gasteiger partial charge >= 0.3 is 5.97 Å². The molecule has 0 aromatic heterocycles. The van der Waals surface area contributed by atoms with E-state index in [1.54, 1.807) is 32.0 Å². The summed E-state index contributed by atoms with van der Waals surface area (Å²) in [6.45, 7) is 3.83. The quantitative estimate of drug-likeness (QED) is 0.543. The van der Waals surface area contributed by atoms with Crippen molar-refractivity contribution in [1.82, 2.24) is 0 Å². The number of hydrogen-bond donors (Lipinski definition) is 0. The fourth-order valence-corrected chi connectivity index (χ4v) is 1.22. The van der Waals surface area contributed by atoms with Crippen molar-refractivity contribution in [2.24, 2.45) is 0 Å². The van der Waals surface area contributed by atoms with Crippen LogP contribution in [0.2, 0.25) is 0 Å². The van der Waals surface area contributed by atoms with E-state index in [1.165, 1.54) is 0 Å². The van der Waals surface area contributed by atoms with Crippen molar-refractivity contribution in [1.29, 1.82) is 0 Å². The summed E-state index contributed by atoms with van der Waals surface area (Å²) in [4.78, 5) is 22.1. The Morgan fingerprint density at radius 1 is 1.50 bits per heavy atom. The van der Waals surface area contributed by atoms with E-state index < -0.39 is 5.97 Å². The lowest BCUT2D eigenvalue weighted by molar-refractivity contribution is 0.0524. The first-order valence-electron chi connectivity index (χ1n) is 4.42. The highest BCUT2D eigenvalue weighted by Gasteiger charge is 2.12. The summed E-state index contributed by atoms with van der Waals surface area (Å²) in [6.07, 6.45) is 0.682. The third-order valence-electron chi connectivity index (χ3n) is 1.94. The van der Waals surface area contributed by atoms with E-state index in [9.17, 15) is 9.59 Å². The van der Waals surface area contributed by atoms with Gasteiger partial charge in [-0.25, -0.2) is 4.79 Å². The third kappa shape index (κ3) is 1.99. The predicted octanol–water partition coefficient (Wildman–Crippen LogP) is 1.98. The van der Waals surface area contributed by atoms with E-state index in [-0.39, 0.29) is 0 Å². The largest absolute Gasteiger partial charge is 0.462 e. The van der Waals surface area contributed by atoms with Gasteiger partial charge in [-0.2, -0.15) is 0 Å².